The predicted octanol–water partition coefficient (Wildman–Crippen LogP) is 3.31. The maximum atomic E-state index is 13.1. The van der Waals surface area contributed by atoms with E-state index >= 15 is 0 Å². The highest BCUT2D eigenvalue weighted by atomic mass is 16.6. The van der Waals surface area contributed by atoms with Crippen molar-refractivity contribution in [2.45, 2.75) is 84.1 Å². The van der Waals surface area contributed by atoms with Crippen LogP contribution in [0.5, 0.6) is 0 Å². The summed E-state index contributed by atoms with van der Waals surface area (Å²) >= 11 is 0. The molecule has 13 nitrogen and oxygen atoms in total. The number of alkyl carbamates (subject to hydrolysis) is 1. The second kappa shape index (κ2) is 16.2. The number of fused-ring (bicyclic) bond motifs is 1. The van der Waals surface area contributed by atoms with Crippen LogP contribution in [0, 0.1) is 5.92 Å². The van der Waals surface area contributed by atoms with E-state index < -0.39 is 41.7 Å². The average molecular weight is 623 g/mol. The number of primary amides is 1. The highest BCUT2D eigenvalue weighted by Gasteiger charge is 2.28. The van der Waals surface area contributed by atoms with E-state index in [1.54, 1.807) is 27.7 Å². The molecule has 0 spiro atoms. The number of esters is 1. The van der Waals surface area contributed by atoms with E-state index in [9.17, 15) is 24.0 Å². The summed E-state index contributed by atoms with van der Waals surface area (Å²) in [6, 6.07) is 12.5. The average Bonchev–Trinajstić information content (AvgIpc) is 3.12. The van der Waals surface area contributed by atoms with Crippen LogP contribution in [0.4, 0.5) is 15.3 Å². The van der Waals surface area contributed by atoms with Crippen LogP contribution in [0.2, 0.25) is 0 Å². The van der Waals surface area contributed by atoms with E-state index in [-0.39, 0.29) is 24.8 Å². The number of hydrogen-bond donors (Lipinski definition) is 5. The van der Waals surface area contributed by atoms with Crippen molar-refractivity contribution in [2.24, 2.45) is 16.8 Å². The van der Waals surface area contributed by atoms with Crippen LogP contribution in [0.25, 0.3) is 0 Å². The number of nitrogens with one attached hydrogen (secondary N) is 4. The fourth-order valence-corrected chi connectivity index (χ4v) is 4.64. The first-order valence-electron chi connectivity index (χ1n) is 14.8. The maximum absolute atomic E-state index is 13.1. The molecule has 1 heterocycles. The third kappa shape index (κ3) is 11.9. The molecule has 0 fully saturated rings. The highest BCUT2D eigenvalue weighted by molar-refractivity contribution is 5.98. The van der Waals surface area contributed by atoms with Crippen LogP contribution in [0.15, 0.2) is 53.6 Å². The number of hydrogen-bond acceptors (Lipinski definition) is 8. The van der Waals surface area contributed by atoms with Gasteiger partial charge >= 0.3 is 18.1 Å². The van der Waals surface area contributed by atoms with Crippen molar-refractivity contribution in [1.29, 1.82) is 0 Å². The number of nitrogens with zero attached hydrogens (tertiary/aromatic N) is 1. The van der Waals surface area contributed by atoms with Crippen LogP contribution in [-0.2, 0) is 43.3 Å². The van der Waals surface area contributed by atoms with Crippen molar-refractivity contribution in [1.82, 2.24) is 16.1 Å². The lowest BCUT2D eigenvalue weighted by Gasteiger charge is -2.22. The second-order valence-corrected chi connectivity index (χ2v) is 11.8. The summed E-state index contributed by atoms with van der Waals surface area (Å²) in [6.07, 6.45) is 2.19. The molecule has 0 bridgehead atoms. The van der Waals surface area contributed by atoms with Crippen molar-refractivity contribution in [3.63, 3.8) is 0 Å². The fraction of sp³-hybridized carbons (Fsp3) is 0.438. The molecule has 0 aromatic heterocycles. The standard InChI is InChI=1S/C32H42N6O7/c1-20(28(40)35-24(18-34-38-30(33)42)17-26(39)45-32(2,3)4)13-14-22-11-8-12-23-15-16-25(29(41)37-27(22)23)36-31(43)44-19-21-9-6-5-7-10-21/h5-12,18,20,24-25H,13-17,19H2,1-4H3,(H,35,40)(H,36,43)(H,37,41)(H3,33,38,42)/b34-18+/t20?,24-,25-/m0/s1. The van der Waals surface area contributed by atoms with Crippen molar-refractivity contribution in [3.05, 3.63) is 65.2 Å². The third-order valence-electron chi connectivity index (χ3n) is 6.87. The third-order valence-corrected chi connectivity index (χ3v) is 6.87. The molecule has 45 heavy (non-hydrogen) atoms. The molecule has 0 aliphatic carbocycles. The molecule has 13 heteroatoms. The van der Waals surface area contributed by atoms with Gasteiger partial charge in [-0.15, -0.1) is 0 Å². The Balaban J connectivity index is 1.58. The van der Waals surface area contributed by atoms with Crippen LogP contribution in [-0.4, -0.2) is 53.8 Å². The number of ether oxygens (including phenoxy) is 2. The molecule has 242 valence electrons. The number of anilines is 1. The number of hydrazone groups is 1. The van der Waals surface area contributed by atoms with Gasteiger partial charge in [-0.2, -0.15) is 5.10 Å². The number of amides is 5. The van der Waals surface area contributed by atoms with Gasteiger partial charge in [0, 0.05) is 17.8 Å². The Morgan fingerprint density at radius 1 is 1.11 bits per heavy atom. The zero-order chi connectivity index (χ0) is 33.0. The van der Waals surface area contributed by atoms with Crippen LogP contribution < -0.4 is 27.1 Å². The summed E-state index contributed by atoms with van der Waals surface area (Å²) in [5.41, 5.74) is 9.66. The molecule has 0 saturated carbocycles. The number of carbonyl (C=O) groups is 5. The van der Waals surface area contributed by atoms with Crippen LogP contribution in [0.3, 0.4) is 0 Å². The van der Waals surface area contributed by atoms with Gasteiger partial charge in [0.15, 0.2) is 0 Å². The zero-order valence-corrected chi connectivity index (χ0v) is 26.1. The molecule has 0 saturated heterocycles. The number of para-hydroxylation sites is 1. The molecule has 0 radical (unpaired) electrons. The van der Waals surface area contributed by atoms with Crippen molar-refractivity contribution >= 4 is 41.8 Å². The molecule has 5 amide bonds. The van der Waals surface area contributed by atoms with Gasteiger partial charge in [0.1, 0.15) is 18.2 Å². The smallest absolute Gasteiger partial charge is 0.408 e. The zero-order valence-electron chi connectivity index (χ0n) is 26.1. The minimum absolute atomic E-state index is 0.0932. The number of urea groups is 1. The van der Waals surface area contributed by atoms with Gasteiger partial charge in [0.05, 0.1) is 12.5 Å². The van der Waals surface area contributed by atoms with Gasteiger partial charge in [-0.1, -0.05) is 55.5 Å². The Morgan fingerprint density at radius 2 is 1.84 bits per heavy atom. The normalized spacial score (nSPS) is 15.9. The highest BCUT2D eigenvalue weighted by Crippen LogP contribution is 2.28. The minimum atomic E-state index is -0.888. The predicted molar refractivity (Wildman–Crippen MR) is 168 cm³/mol. The summed E-state index contributed by atoms with van der Waals surface area (Å²) in [5.74, 6) is -1.71. The summed E-state index contributed by atoms with van der Waals surface area (Å²) in [4.78, 5) is 61.9. The molecular formula is C32H42N6O7. The lowest BCUT2D eigenvalue weighted by atomic mass is 9.96. The van der Waals surface area contributed by atoms with Gasteiger partial charge in [0.25, 0.3) is 0 Å². The lowest BCUT2D eigenvalue weighted by Crippen LogP contribution is -2.43. The van der Waals surface area contributed by atoms with Gasteiger partial charge in [-0.25, -0.2) is 15.0 Å². The Labute approximate surface area is 262 Å². The maximum Gasteiger partial charge on any atom is 0.408 e. The first-order valence-corrected chi connectivity index (χ1v) is 14.8. The number of aryl methyl sites for hydroxylation is 2. The Morgan fingerprint density at radius 3 is 2.53 bits per heavy atom. The quantitative estimate of drug-likeness (QED) is 0.136. The Hall–Kier alpha value is -4.94. The first kappa shape index (κ1) is 34.5. The van der Waals surface area contributed by atoms with Gasteiger partial charge in [-0.3, -0.25) is 14.4 Å². The molecule has 2 aromatic rings. The van der Waals surface area contributed by atoms with E-state index in [0.717, 1.165) is 16.7 Å². The van der Waals surface area contributed by atoms with Crippen molar-refractivity contribution in [3.8, 4) is 0 Å². The Bertz CT molecular complexity index is 1390. The van der Waals surface area contributed by atoms with E-state index in [0.29, 0.717) is 31.4 Å². The topological polar surface area (TPSA) is 190 Å². The minimum Gasteiger partial charge on any atom is -0.460 e. The summed E-state index contributed by atoms with van der Waals surface area (Å²) in [5, 5.41) is 12.1. The van der Waals surface area contributed by atoms with E-state index in [1.807, 2.05) is 48.5 Å². The van der Waals surface area contributed by atoms with Gasteiger partial charge in [-0.05, 0) is 63.1 Å². The van der Waals surface area contributed by atoms with E-state index in [4.69, 9.17) is 15.2 Å². The summed E-state index contributed by atoms with van der Waals surface area (Å²) in [6.45, 7) is 7.03. The first-order chi connectivity index (χ1) is 21.3. The van der Waals surface area contributed by atoms with E-state index in [2.05, 4.69) is 26.5 Å². The van der Waals surface area contributed by atoms with Crippen molar-refractivity contribution < 1.29 is 33.4 Å². The number of nitrogens with two attached hydrogens (primary N) is 1. The molecule has 1 aliphatic rings. The molecule has 3 atom stereocenters. The molecule has 1 aliphatic heterocycles. The Kier molecular flexibility index (Phi) is 12.5. The lowest BCUT2D eigenvalue weighted by molar-refractivity contribution is -0.155. The van der Waals surface area contributed by atoms with Gasteiger partial charge in [0.2, 0.25) is 11.8 Å². The number of rotatable bonds is 12. The monoisotopic (exact) mass is 622 g/mol. The summed E-state index contributed by atoms with van der Waals surface area (Å²) in [7, 11) is 0. The number of carbonyl (C=O) groups excluding carboxylic acids is 5. The molecule has 3 rings (SSSR count). The van der Waals surface area contributed by atoms with Crippen LogP contribution in [0.1, 0.15) is 63.6 Å². The second-order valence-electron chi connectivity index (χ2n) is 11.8. The van der Waals surface area contributed by atoms with Gasteiger partial charge < -0.3 is 31.2 Å². The van der Waals surface area contributed by atoms with Crippen molar-refractivity contribution in [2.75, 3.05) is 5.32 Å². The van der Waals surface area contributed by atoms with Crippen LogP contribution >= 0.6 is 0 Å². The molecule has 2 aromatic carbocycles. The fourth-order valence-electron chi connectivity index (χ4n) is 4.64. The molecule has 6 N–H and O–H groups in total. The number of benzene rings is 2. The largest absolute Gasteiger partial charge is 0.460 e. The molecule has 1 unspecified atom stereocenters. The summed E-state index contributed by atoms with van der Waals surface area (Å²) < 4.78 is 10.6. The SMILES string of the molecule is CC(CCc1cccc2c1NC(=O)[C@@H](NC(=O)OCc1ccccc1)CC2)C(=O)N[C@H](/C=N/NC(N)=O)CC(=O)OC(C)(C)C. The molecular weight excluding hydrogens is 580 g/mol. The van der Waals surface area contributed by atoms with E-state index in [1.165, 1.54) is 6.21 Å².